The van der Waals surface area contributed by atoms with Crippen molar-refractivity contribution < 1.29 is 19.4 Å². The standard InChI is InChI=1S/C24H27N3O4/c1-3-4-5-11-27-21(17-7-6-10-25-15-17)20(23(29)24(27)30)22(28)16-8-9-19-18(14-16)26(2)12-13-31-19/h6-10,14-15,21,28H,3-5,11-13H2,1-2H3/b22-20-. The quantitative estimate of drug-likeness (QED) is 0.333. The van der Waals surface area contributed by atoms with Crippen LogP contribution in [0.5, 0.6) is 5.75 Å². The van der Waals surface area contributed by atoms with Crippen molar-refractivity contribution in [2.75, 3.05) is 31.6 Å². The molecule has 4 rings (SSSR count). The largest absolute Gasteiger partial charge is 0.507 e. The normalized spacial score (nSPS) is 20.0. The molecule has 2 aliphatic heterocycles. The van der Waals surface area contributed by atoms with Crippen molar-refractivity contribution in [1.82, 2.24) is 9.88 Å². The summed E-state index contributed by atoms with van der Waals surface area (Å²) in [7, 11) is 1.95. The molecule has 0 bridgehead atoms. The van der Waals surface area contributed by atoms with Gasteiger partial charge in [0.15, 0.2) is 0 Å². The Kier molecular flexibility index (Phi) is 5.93. The van der Waals surface area contributed by atoms with Crippen LogP contribution in [0, 0.1) is 0 Å². The van der Waals surface area contributed by atoms with Crippen molar-refractivity contribution in [3.05, 3.63) is 59.4 Å². The average Bonchev–Trinajstić information content (AvgIpc) is 3.04. The van der Waals surface area contributed by atoms with E-state index in [1.54, 1.807) is 41.6 Å². The molecule has 1 N–H and O–H groups in total. The number of Topliss-reactive ketones (excluding diaryl/α,β-unsaturated/α-hetero) is 1. The third kappa shape index (κ3) is 3.87. The van der Waals surface area contributed by atoms with Gasteiger partial charge < -0.3 is 19.6 Å². The van der Waals surface area contributed by atoms with Gasteiger partial charge in [0, 0.05) is 31.5 Å². The van der Waals surface area contributed by atoms with Gasteiger partial charge in [0.05, 0.1) is 23.8 Å². The number of amides is 1. The van der Waals surface area contributed by atoms with Gasteiger partial charge in [0.25, 0.3) is 11.7 Å². The van der Waals surface area contributed by atoms with Crippen LogP contribution in [0.2, 0.25) is 0 Å². The number of pyridine rings is 1. The van der Waals surface area contributed by atoms with E-state index in [1.165, 1.54) is 0 Å². The molecule has 1 unspecified atom stereocenters. The number of aliphatic hydroxyl groups excluding tert-OH is 1. The number of carbonyl (C=O) groups is 2. The second-order valence-corrected chi connectivity index (χ2v) is 7.94. The summed E-state index contributed by atoms with van der Waals surface area (Å²) in [4.78, 5) is 33.7. The Bertz CT molecular complexity index is 1020. The van der Waals surface area contributed by atoms with E-state index in [0.29, 0.717) is 24.3 Å². The molecule has 1 aromatic heterocycles. The SMILES string of the molecule is CCCCCN1C(=O)C(=O)/C(=C(\O)c2ccc3c(c2)N(C)CCO3)C1c1cccnc1. The zero-order valence-corrected chi connectivity index (χ0v) is 17.9. The molecule has 0 aliphatic carbocycles. The number of aliphatic hydroxyl groups is 1. The molecular formula is C24H27N3O4. The number of anilines is 1. The van der Waals surface area contributed by atoms with Crippen molar-refractivity contribution in [3.63, 3.8) is 0 Å². The van der Waals surface area contributed by atoms with Crippen molar-refractivity contribution in [1.29, 1.82) is 0 Å². The van der Waals surface area contributed by atoms with Gasteiger partial charge >= 0.3 is 0 Å². The number of fused-ring (bicyclic) bond motifs is 1. The number of likely N-dealkylation sites (N-methyl/N-ethyl adjacent to an activating group) is 1. The third-order valence-electron chi connectivity index (χ3n) is 5.87. The molecule has 3 heterocycles. The minimum Gasteiger partial charge on any atom is -0.507 e. The molecule has 0 spiro atoms. The molecule has 1 fully saturated rings. The summed E-state index contributed by atoms with van der Waals surface area (Å²) in [6, 6.07) is 8.25. The summed E-state index contributed by atoms with van der Waals surface area (Å²) in [5.74, 6) is -0.684. The lowest BCUT2D eigenvalue weighted by Gasteiger charge is -2.28. The number of unbranched alkanes of at least 4 members (excludes halogenated alkanes) is 2. The van der Waals surface area contributed by atoms with E-state index in [9.17, 15) is 14.7 Å². The Balaban J connectivity index is 1.80. The molecule has 31 heavy (non-hydrogen) atoms. The Hall–Kier alpha value is -3.35. The number of nitrogens with zero attached hydrogens (tertiary/aromatic N) is 3. The molecule has 1 saturated heterocycles. The zero-order chi connectivity index (χ0) is 22.0. The number of ether oxygens (including phenoxy) is 1. The van der Waals surface area contributed by atoms with Gasteiger partial charge in [-0.15, -0.1) is 0 Å². The highest BCUT2D eigenvalue weighted by Gasteiger charge is 2.45. The van der Waals surface area contributed by atoms with Gasteiger partial charge in [0.2, 0.25) is 0 Å². The van der Waals surface area contributed by atoms with E-state index in [1.807, 2.05) is 18.0 Å². The zero-order valence-electron chi connectivity index (χ0n) is 17.9. The fourth-order valence-electron chi connectivity index (χ4n) is 4.18. The molecule has 2 aromatic rings. The molecule has 0 radical (unpaired) electrons. The van der Waals surface area contributed by atoms with Gasteiger partial charge in [-0.05, 0) is 36.2 Å². The summed E-state index contributed by atoms with van der Waals surface area (Å²) in [5, 5.41) is 11.2. The van der Waals surface area contributed by atoms with E-state index in [4.69, 9.17) is 4.74 Å². The van der Waals surface area contributed by atoms with Crippen LogP contribution in [0.15, 0.2) is 48.3 Å². The maximum Gasteiger partial charge on any atom is 0.295 e. The Morgan fingerprint density at radius 3 is 2.84 bits per heavy atom. The first-order chi connectivity index (χ1) is 15.0. The maximum atomic E-state index is 13.0. The van der Waals surface area contributed by atoms with Crippen LogP contribution in [0.25, 0.3) is 5.76 Å². The summed E-state index contributed by atoms with van der Waals surface area (Å²) in [6.07, 6.45) is 6.05. The highest BCUT2D eigenvalue weighted by atomic mass is 16.5. The lowest BCUT2D eigenvalue weighted by atomic mass is 9.96. The summed E-state index contributed by atoms with van der Waals surface area (Å²) < 4.78 is 5.68. The number of hydrogen-bond acceptors (Lipinski definition) is 6. The monoisotopic (exact) mass is 421 g/mol. The Morgan fingerprint density at radius 2 is 2.10 bits per heavy atom. The van der Waals surface area contributed by atoms with E-state index >= 15 is 0 Å². The molecular weight excluding hydrogens is 394 g/mol. The molecule has 1 atom stereocenters. The minimum absolute atomic E-state index is 0.105. The molecule has 7 heteroatoms. The first-order valence-corrected chi connectivity index (χ1v) is 10.7. The fraction of sp³-hybridized carbons (Fsp3) is 0.375. The van der Waals surface area contributed by atoms with E-state index in [0.717, 1.165) is 37.2 Å². The van der Waals surface area contributed by atoms with E-state index < -0.39 is 17.7 Å². The summed E-state index contributed by atoms with van der Waals surface area (Å²) >= 11 is 0. The highest BCUT2D eigenvalue weighted by Crippen LogP contribution is 2.41. The smallest absolute Gasteiger partial charge is 0.295 e. The predicted octanol–water partition coefficient (Wildman–Crippen LogP) is 3.52. The summed E-state index contributed by atoms with van der Waals surface area (Å²) in [6.45, 7) is 3.87. The third-order valence-corrected chi connectivity index (χ3v) is 5.87. The second-order valence-electron chi connectivity index (χ2n) is 7.94. The molecule has 1 amide bonds. The van der Waals surface area contributed by atoms with Gasteiger partial charge in [-0.3, -0.25) is 14.6 Å². The molecule has 2 aliphatic rings. The topological polar surface area (TPSA) is 83.0 Å². The van der Waals surface area contributed by atoms with Crippen molar-refractivity contribution in [2.45, 2.75) is 32.2 Å². The van der Waals surface area contributed by atoms with Crippen LogP contribution in [0.3, 0.4) is 0 Å². The van der Waals surface area contributed by atoms with Crippen LogP contribution < -0.4 is 9.64 Å². The Labute approximate surface area is 182 Å². The van der Waals surface area contributed by atoms with Crippen LogP contribution in [-0.4, -0.2) is 53.4 Å². The van der Waals surface area contributed by atoms with Crippen molar-refractivity contribution in [3.8, 4) is 5.75 Å². The lowest BCUT2D eigenvalue weighted by Crippen LogP contribution is -2.30. The van der Waals surface area contributed by atoms with Crippen molar-refractivity contribution in [2.24, 2.45) is 0 Å². The number of hydrogen-bond donors (Lipinski definition) is 1. The first-order valence-electron chi connectivity index (χ1n) is 10.7. The molecule has 0 saturated carbocycles. The van der Waals surface area contributed by atoms with Gasteiger partial charge in [-0.1, -0.05) is 25.8 Å². The summed E-state index contributed by atoms with van der Waals surface area (Å²) in [5.41, 5.74) is 2.13. The maximum absolute atomic E-state index is 13.0. The average molecular weight is 421 g/mol. The minimum atomic E-state index is -0.662. The van der Waals surface area contributed by atoms with Gasteiger partial charge in [0.1, 0.15) is 18.1 Å². The van der Waals surface area contributed by atoms with Crippen LogP contribution in [-0.2, 0) is 9.59 Å². The number of ketones is 1. The molecule has 1 aromatic carbocycles. The first kappa shape index (κ1) is 20.9. The number of aromatic nitrogens is 1. The van der Waals surface area contributed by atoms with E-state index in [-0.39, 0.29) is 11.3 Å². The second kappa shape index (κ2) is 8.79. The fourth-order valence-corrected chi connectivity index (χ4v) is 4.18. The van der Waals surface area contributed by atoms with Gasteiger partial charge in [-0.25, -0.2) is 0 Å². The number of likely N-dealkylation sites (tertiary alicyclic amines) is 1. The van der Waals surface area contributed by atoms with Gasteiger partial charge in [-0.2, -0.15) is 0 Å². The van der Waals surface area contributed by atoms with Crippen molar-refractivity contribution >= 4 is 23.1 Å². The number of benzene rings is 1. The predicted molar refractivity (Wildman–Crippen MR) is 118 cm³/mol. The number of carbonyl (C=O) groups excluding carboxylic acids is 2. The highest BCUT2D eigenvalue weighted by molar-refractivity contribution is 6.46. The number of rotatable bonds is 6. The lowest BCUT2D eigenvalue weighted by molar-refractivity contribution is -0.139. The van der Waals surface area contributed by atoms with Crippen LogP contribution in [0.1, 0.15) is 43.4 Å². The van der Waals surface area contributed by atoms with E-state index in [2.05, 4.69) is 11.9 Å². The molecule has 7 nitrogen and oxygen atoms in total. The molecule has 162 valence electrons. The van der Waals surface area contributed by atoms with Crippen LogP contribution >= 0.6 is 0 Å². The van der Waals surface area contributed by atoms with Crippen LogP contribution in [0.4, 0.5) is 5.69 Å². The Morgan fingerprint density at radius 1 is 1.26 bits per heavy atom.